The van der Waals surface area contributed by atoms with E-state index in [1.807, 2.05) is 6.07 Å². The monoisotopic (exact) mass is 470 g/mol. The number of nitrogens with zero attached hydrogens (tertiary/aromatic N) is 3. The van der Waals surface area contributed by atoms with Gasteiger partial charge in [0.05, 0.1) is 22.9 Å². The lowest BCUT2D eigenvalue weighted by molar-refractivity contribution is 0.288. The lowest BCUT2D eigenvalue weighted by Crippen LogP contribution is -2.29. The molecule has 0 amide bonds. The lowest BCUT2D eigenvalue weighted by Gasteiger charge is -2.16. The van der Waals surface area contributed by atoms with Gasteiger partial charge in [0.1, 0.15) is 24.0 Å². The van der Waals surface area contributed by atoms with E-state index in [-0.39, 0.29) is 13.2 Å². The number of H-pyrrole nitrogens is 1. The predicted molar refractivity (Wildman–Crippen MR) is 122 cm³/mol. The Bertz CT molecular complexity index is 1420. The third-order valence-electron chi connectivity index (χ3n) is 5.07. The van der Waals surface area contributed by atoms with Gasteiger partial charge in [-0.15, -0.1) is 0 Å². The van der Waals surface area contributed by atoms with Gasteiger partial charge in [0.25, 0.3) is 0 Å². The number of hydrogen-bond acceptors (Lipinski definition) is 5. The highest BCUT2D eigenvalue weighted by Gasteiger charge is 2.20. The molecule has 0 aliphatic carbocycles. The fraction of sp³-hybridized carbons (Fsp3) is 0.130. The van der Waals surface area contributed by atoms with Gasteiger partial charge in [0.2, 0.25) is 10.0 Å². The average Bonchev–Trinajstić information content (AvgIpc) is 3.18. The Morgan fingerprint density at radius 2 is 1.94 bits per heavy atom. The number of halogens is 2. The summed E-state index contributed by atoms with van der Waals surface area (Å²) in [6.07, 6.45) is 4.65. The van der Waals surface area contributed by atoms with E-state index < -0.39 is 21.7 Å². The van der Waals surface area contributed by atoms with Crippen molar-refractivity contribution in [3.63, 3.8) is 0 Å². The summed E-state index contributed by atoms with van der Waals surface area (Å²) < 4.78 is 58.7. The number of aromatic amines is 1. The van der Waals surface area contributed by atoms with E-state index in [4.69, 9.17) is 4.74 Å². The smallest absolute Gasteiger partial charge is 0.235 e. The molecule has 10 heteroatoms. The van der Waals surface area contributed by atoms with Crippen LogP contribution >= 0.6 is 0 Å². The zero-order chi connectivity index (χ0) is 23.6. The zero-order valence-electron chi connectivity index (χ0n) is 17.6. The summed E-state index contributed by atoms with van der Waals surface area (Å²) in [7, 11) is -2.15. The Labute approximate surface area is 189 Å². The lowest BCUT2D eigenvalue weighted by atomic mass is 10.00. The van der Waals surface area contributed by atoms with Crippen molar-refractivity contribution in [3.8, 4) is 28.1 Å². The van der Waals surface area contributed by atoms with Crippen LogP contribution in [0.25, 0.3) is 33.4 Å². The van der Waals surface area contributed by atoms with Crippen LogP contribution in [-0.4, -0.2) is 47.9 Å². The van der Waals surface area contributed by atoms with Crippen molar-refractivity contribution in [1.29, 1.82) is 0 Å². The maximum atomic E-state index is 14.0. The van der Waals surface area contributed by atoms with Crippen LogP contribution in [0.1, 0.15) is 0 Å². The number of nitrogens with one attached hydrogen (secondary N) is 1. The topological polar surface area (TPSA) is 88.2 Å². The molecule has 1 N–H and O–H groups in total. The molecule has 4 aromatic rings. The van der Waals surface area contributed by atoms with Gasteiger partial charge >= 0.3 is 0 Å². The molecule has 0 radical (unpaired) electrons. The number of aromatic nitrogens is 3. The molecule has 0 saturated heterocycles. The van der Waals surface area contributed by atoms with Crippen LogP contribution < -0.4 is 4.74 Å². The third-order valence-corrected chi connectivity index (χ3v) is 6.54. The summed E-state index contributed by atoms with van der Waals surface area (Å²) in [6.45, 7) is 3.43. The molecule has 0 saturated carbocycles. The van der Waals surface area contributed by atoms with Crippen molar-refractivity contribution in [2.24, 2.45) is 0 Å². The maximum Gasteiger partial charge on any atom is 0.235 e. The highest BCUT2D eigenvalue weighted by Crippen LogP contribution is 2.40. The molecule has 4 rings (SSSR count). The van der Waals surface area contributed by atoms with Gasteiger partial charge < -0.3 is 9.72 Å². The average molecular weight is 471 g/mol. The first kappa shape index (κ1) is 22.6. The zero-order valence-corrected chi connectivity index (χ0v) is 18.4. The Kier molecular flexibility index (Phi) is 6.21. The van der Waals surface area contributed by atoms with Gasteiger partial charge in [-0.05, 0) is 35.9 Å². The van der Waals surface area contributed by atoms with Crippen LogP contribution in [0.5, 0.6) is 5.75 Å². The Morgan fingerprint density at radius 1 is 1.18 bits per heavy atom. The summed E-state index contributed by atoms with van der Waals surface area (Å²) in [5.74, 6) is -1.05. The molecule has 3 heterocycles. The fourth-order valence-electron chi connectivity index (χ4n) is 3.44. The Balaban J connectivity index is 1.77. The Hall–Kier alpha value is -3.63. The largest absolute Gasteiger partial charge is 0.490 e. The van der Waals surface area contributed by atoms with Crippen LogP contribution in [0.4, 0.5) is 8.78 Å². The number of hydrogen-bond donors (Lipinski definition) is 1. The predicted octanol–water partition coefficient (Wildman–Crippen LogP) is 4.35. The van der Waals surface area contributed by atoms with E-state index >= 15 is 0 Å². The maximum absolute atomic E-state index is 14.0. The summed E-state index contributed by atoms with van der Waals surface area (Å²) >= 11 is 0. The number of sulfonamides is 1. The summed E-state index contributed by atoms with van der Waals surface area (Å²) in [6, 6.07) is 8.53. The normalized spacial score (nSPS) is 11.8. The van der Waals surface area contributed by atoms with Gasteiger partial charge in [0.15, 0.2) is 0 Å². The Morgan fingerprint density at radius 3 is 2.67 bits per heavy atom. The highest BCUT2D eigenvalue weighted by molar-refractivity contribution is 7.91. The number of ether oxygens (including phenoxy) is 1. The van der Waals surface area contributed by atoms with E-state index in [0.29, 0.717) is 39.2 Å². The van der Waals surface area contributed by atoms with Crippen molar-refractivity contribution in [2.75, 3.05) is 20.2 Å². The van der Waals surface area contributed by atoms with Gasteiger partial charge in [-0.2, -0.15) is 4.31 Å². The molecule has 7 nitrogen and oxygen atoms in total. The minimum absolute atomic E-state index is 0.0463. The first-order chi connectivity index (χ1) is 15.8. The van der Waals surface area contributed by atoms with Crippen LogP contribution in [0.2, 0.25) is 0 Å². The SMILES string of the molecule is C=CS(=O)(=O)N(C)CCOc1cnccc1-c1[nH]c2cccnc2c1-c1cc(F)cc(F)c1. The first-order valence-electron chi connectivity index (χ1n) is 9.89. The molecule has 0 aliphatic rings. The molecule has 0 atom stereocenters. The van der Waals surface area contributed by atoms with Gasteiger partial charge in [-0.25, -0.2) is 17.2 Å². The molecule has 0 spiro atoms. The van der Waals surface area contributed by atoms with Crippen LogP contribution in [-0.2, 0) is 10.0 Å². The second-order valence-corrected chi connectivity index (χ2v) is 9.17. The van der Waals surface area contributed by atoms with Crippen molar-refractivity contribution >= 4 is 21.1 Å². The van der Waals surface area contributed by atoms with E-state index in [1.165, 1.54) is 25.4 Å². The summed E-state index contributed by atoms with van der Waals surface area (Å²) in [4.78, 5) is 11.8. The van der Waals surface area contributed by atoms with Crippen molar-refractivity contribution in [3.05, 3.63) is 78.6 Å². The molecule has 170 valence electrons. The molecule has 0 bridgehead atoms. The van der Waals surface area contributed by atoms with Crippen LogP contribution in [0.15, 0.2) is 67.0 Å². The van der Waals surface area contributed by atoms with Crippen molar-refractivity contribution < 1.29 is 21.9 Å². The minimum atomic E-state index is -3.57. The molecule has 0 aliphatic heterocycles. The van der Waals surface area contributed by atoms with E-state index in [9.17, 15) is 17.2 Å². The molecule has 0 fully saturated rings. The van der Waals surface area contributed by atoms with Crippen molar-refractivity contribution in [1.82, 2.24) is 19.3 Å². The molecule has 0 unspecified atom stereocenters. The molecular formula is C23H20F2N4O3S. The quantitative estimate of drug-likeness (QED) is 0.414. The summed E-state index contributed by atoms with van der Waals surface area (Å²) in [5.41, 5.74) is 3.15. The molecule has 1 aromatic carbocycles. The van der Waals surface area contributed by atoms with E-state index in [2.05, 4.69) is 21.5 Å². The van der Waals surface area contributed by atoms with Gasteiger partial charge in [-0.1, -0.05) is 6.58 Å². The number of pyridine rings is 2. The van der Waals surface area contributed by atoms with Gasteiger partial charge in [0, 0.05) is 48.6 Å². The van der Waals surface area contributed by atoms with E-state index in [0.717, 1.165) is 15.8 Å². The second-order valence-electron chi connectivity index (χ2n) is 7.19. The molecule has 3 aromatic heterocycles. The third kappa shape index (κ3) is 4.62. The first-order valence-corrected chi connectivity index (χ1v) is 11.4. The number of rotatable bonds is 8. The molecule has 33 heavy (non-hydrogen) atoms. The standard InChI is InChI=1S/C23H20F2N4O3S/c1-3-33(30,31)29(2)9-10-32-20-14-26-8-6-18(20)22-21(15-11-16(24)13-17(25)12-15)23-19(28-22)5-4-7-27-23/h3-8,11-14,28H,1,9-10H2,2H3. The van der Waals surface area contributed by atoms with Crippen LogP contribution in [0.3, 0.4) is 0 Å². The number of likely N-dealkylation sites (N-methyl/N-ethyl adjacent to an activating group) is 1. The number of fused-ring (bicyclic) bond motifs is 1. The fourth-order valence-corrected chi connectivity index (χ4v) is 4.03. The number of benzene rings is 1. The van der Waals surface area contributed by atoms with E-state index in [1.54, 1.807) is 24.5 Å². The van der Waals surface area contributed by atoms with Crippen molar-refractivity contribution in [2.45, 2.75) is 0 Å². The highest BCUT2D eigenvalue weighted by atomic mass is 32.2. The summed E-state index contributed by atoms with van der Waals surface area (Å²) in [5, 5.41) is 0.865. The van der Waals surface area contributed by atoms with Gasteiger partial charge in [-0.3, -0.25) is 9.97 Å². The molecular weight excluding hydrogens is 450 g/mol. The minimum Gasteiger partial charge on any atom is -0.490 e. The second kappa shape index (κ2) is 9.08. The van der Waals surface area contributed by atoms with Crippen LogP contribution in [0, 0.1) is 11.6 Å².